The quantitative estimate of drug-likeness (QED) is 0.843. The molecule has 0 spiro atoms. The summed E-state index contributed by atoms with van der Waals surface area (Å²) in [6.45, 7) is 2.74. The molecule has 0 aliphatic rings. The van der Waals surface area contributed by atoms with E-state index in [4.69, 9.17) is 5.73 Å². The van der Waals surface area contributed by atoms with Crippen LogP contribution in [0.3, 0.4) is 0 Å². The van der Waals surface area contributed by atoms with Crippen molar-refractivity contribution in [3.63, 3.8) is 0 Å². The van der Waals surface area contributed by atoms with Gasteiger partial charge >= 0.3 is 0 Å². The number of hydrogen-bond donors (Lipinski definition) is 2. The predicted molar refractivity (Wildman–Crippen MR) is 77.8 cm³/mol. The fourth-order valence-electron chi connectivity index (χ4n) is 1.96. The summed E-state index contributed by atoms with van der Waals surface area (Å²) in [7, 11) is 0. The largest absolute Gasteiger partial charge is 0.381 e. The molecule has 18 heavy (non-hydrogen) atoms. The molecule has 0 saturated carbocycles. The van der Waals surface area contributed by atoms with Crippen molar-refractivity contribution in [1.29, 1.82) is 0 Å². The number of nitrogens with two attached hydrogens (primary N) is 1. The molecule has 0 aromatic heterocycles. The molecule has 0 heterocycles. The molecule has 0 aliphatic carbocycles. The minimum atomic E-state index is 0.293. The van der Waals surface area contributed by atoms with Gasteiger partial charge in [0.1, 0.15) is 0 Å². The van der Waals surface area contributed by atoms with Gasteiger partial charge in [-0.1, -0.05) is 48.5 Å². The zero-order valence-electron chi connectivity index (χ0n) is 10.8. The van der Waals surface area contributed by atoms with Crippen LogP contribution in [-0.4, -0.2) is 12.6 Å². The highest BCUT2D eigenvalue weighted by atomic mass is 14.9. The number of benzene rings is 2. The molecule has 2 heteroatoms. The van der Waals surface area contributed by atoms with Crippen LogP contribution >= 0.6 is 0 Å². The lowest BCUT2D eigenvalue weighted by molar-refractivity contribution is 0.802. The van der Waals surface area contributed by atoms with Gasteiger partial charge in [-0.2, -0.15) is 0 Å². The van der Waals surface area contributed by atoms with Crippen molar-refractivity contribution in [3.05, 3.63) is 65.7 Å². The fraction of sp³-hybridized carbons (Fsp3) is 0.250. The van der Waals surface area contributed by atoms with E-state index >= 15 is 0 Å². The highest BCUT2D eigenvalue weighted by Crippen LogP contribution is 2.19. The van der Waals surface area contributed by atoms with Crippen LogP contribution in [0.2, 0.25) is 0 Å². The van der Waals surface area contributed by atoms with Crippen molar-refractivity contribution < 1.29 is 0 Å². The third-order valence-corrected chi connectivity index (χ3v) is 3.01. The van der Waals surface area contributed by atoms with E-state index < -0.39 is 0 Å². The molecule has 0 saturated heterocycles. The molecule has 2 aromatic carbocycles. The normalized spacial score (nSPS) is 12.1. The van der Waals surface area contributed by atoms with E-state index in [0.717, 1.165) is 6.42 Å². The van der Waals surface area contributed by atoms with Crippen molar-refractivity contribution in [2.24, 2.45) is 5.73 Å². The highest BCUT2D eigenvalue weighted by Gasteiger charge is 2.05. The van der Waals surface area contributed by atoms with Crippen LogP contribution in [0.15, 0.2) is 54.6 Å². The monoisotopic (exact) mass is 240 g/mol. The van der Waals surface area contributed by atoms with E-state index in [-0.39, 0.29) is 0 Å². The molecule has 0 bridgehead atoms. The first-order valence-electron chi connectivity index (χ1n) is 6.38. The molecule has 1 atom stereocenters. The van der Waals surface area contributed by atoms with Crippen LogP contribution in [0.5, 0.6) is 0 Å². The molecule has 0 amide bonds. The Hall–Kier alpha value is -1.80. The lowest BCUT2D eigenvalue weighted by atomic mass is 10.0. The topological polar surface area (TPSA) is 38.0 Å². The second-order valence-electron chi connectivity index (χ2n) is 4.60. The first-order valence-corrected chi connectivity index (χ1v) is 6.38. The van der Waals surface area contributed by atoms with Gasteiger partial charge in [0.15, 0.2) is 0 Å². The van der Waals surface area contributed by atoms with E-state index in [1.807, 2.05) is 6.07 Å². The van der Waals surface area contributed by atoms with E-state index in [0.29, 0.717) is 12.6 Å². The van der Waals surface area contributed by atoms with Crippen LogP contribution in [0.25, 0.3) is 0 Å². The van der Waals surface area contributed by atoms with Crippen molar-refractivity contribution >= 4 is 5.69 Å². The molecule has 2 aromatic rings. The molecule has 0 radical (unpaired) electrons. The maximum atomic E-state index is 5.66. The Morgan fingerprint density at radius 2 is 1.67 bits per heavy atom. The van der Waals surface area contributed by atoms with Crippen molar-refractivity contribution in [2.75, 3.05) is 11.9 Å². The first kappa shape index (κ1) is 12.7. The maximum absolute atomic E-state index is 5.66. The SMILES string of the molecule is CC(CN)Nc1ccccc1Cc1ccccc1. The molecule has 94 valence electrons. The van der Waals surface area contributed by atoms with Crippen LogP contribution in [0.4, 0.5) is 5.69 Å². The number of hydrogen-bond acceptors (Lipinski definition) is 2. The van der Waals surface area contributed by atoms with Gasteiger partial charge in [0.25, 0.3) is 0 Å². The molecule has 3 N–H and O–H groups in total. The molecule has 0 aliphatic heterocycles. The summed E-state index contributed by atoms with van der Waals surface area (Å²) in [6.07, 6.45) is 0.946. The second-order valence-corrected chi connectivity index (χ2v) is 4.60. The number of anilines is 1. The van der Waals surface area contributed by atoms with Gasteiger partial charge in [0, 0.05) is 18.3 Å². The van der Waals surface area contributed by atoms with Crippen molar-refractivity contribution in [1.82, 2.24) is 0 Å². The molecule has 0 fully saturated rings. The van der Waals surface area contributed by atoms with Crippen LogP contribution < -0.4 is 11.1 Å². The third kappa shape index (κ3) is 3.34. The smallest absolute Gasteiger partial charge is 0.0378 e. The molecule has 2 nitrogen and oxygen atoms in total. The van der Waals surface area contributed by atoms with Crippen LogP contribution in [0.1, 0.15) is 18.1 Å². The van der Waals surface area contributed by atoms with Gasteiger partial charge < -0.3 is 11.1 Å². The molecule has 2 rings (SSSR count). The average molecular weight is 240 g/mol. The van der Waals surface area contributed by atoms with E-state index in [9.17, 15) is 0 Å². The zero-order valence-corrected chi connectivity index (χ0v) is 10.8. The Labute approximate surface area is 109 Å². The summed E-state index contributed by atoms with van der Waals surface area (Å²) < 4.78 is 0. The Morgan fingerprint density at radius 1 is 1.00 bits per heavy atom. The second kappa shape index (κ2) is 6.22. The minimum absolute atomic E-state index is 0.293. The van der Waals surface area contributed by atoms with Crippen molar-refractivity contribution in [2.45, 2.75) is 19.4 Å². The maximum Gasteiger partial charge on any atom is 0.0378 e. The van der Waals surface area contributed by atoms with Crippen molar-refractivity contribution in [3.8, 4) is 0 Å². The zero-order chi connectivity index (χ0) is 12.8. The number of rotatable bonds is 5. The summed E-state index contributed by atoms with van der Waals surface area (Å²) in [5, 5.41) is 3.46. The molecular formula is C16H20N2. The van der Waals surface area contributed by atoms with E-state index in [2.05, 4.69) is 60.8 Å². The third-order valence-electron chi connectivity index (χ3n) is 3.01. The van der Waals surface area contributed by atoms with Crippen LogP contribution in [0, 0.1) is 0 Å². The molecular weight excluding hydrogens is 220 g/mol. The lowest BCUT2D eigenvalue weighted by Crippen LogP contribution is -2.25. The van der Waals surface area contributed by atoms with Gasteiger partial charge in [-0.15, -0.1) is 0 Å². The minimum Gasteiger partial charge on any atom is -0.381 e. The van der Waals surface area contributed by atoms with Gasteiger partial charge in [-0.3, -0.25) is 0 Å². The Balaban J connectivity index is 2.17. The summed E-state index contributed by atoms with van der Waals surface area (Å²) >= 11 is 0. The summed E-state index contributed by atoms with van der Waals surface area (Å²) in [5.41, 5.74) is 9.48. The number of para-hydroxylation sites is 1. The number of nitrogens with one attached hydrogen (secondary N) is 1. The van der Waals surface area contributed by atoms with E-state index in [1.54, 1.807) is 0 Å². The van der Waals surface area contributed by atoms with Gasteiger partial charge in [0.2, 0.25) is 0 Å². The van der Waals surface area contributed by atoms with Gasteiger partial charge in [0.05, 0.1) is 0 Å². The highest BCUT2D eigenvalue weighted by molar-refractivity contribution is 5.53. The summed E-state index contributed by atoms with van der Waals surface area (Å²) in [6, 6.07) is 19.2. The predicted octanol–water partition coefficient (Wildman–Crippen LogP) is 3.04. The summed E-state index contributed by atoms with van der Waals surface area (Å²) in [5.74, 6) is 0. The van der Waals surface area contributed by atoms with Crippen LogP contribution in [-0.2, 0) is 6.42 Å². The standard InChI is InChI=1S/C16H20N2/c1-13(12-17)18-16-10-6-5-9-15(16)11-14-7-3-2-4-8-14/h2-10,13,18H,11-12,17H2,1H3. The summed E-state index contributed by atoms with van der Waals surface area (Å²) in [4.78, 5) is 0. The Morgan fingerprint density at radius 3 is 2.39 bits per heavy atom. The van der Waals surface area contributed by atoms with Gasteiger partial charge in [-0.05, 0) is 30.5 Å². The Kier molecular flexibility index (Phi) is 4.37. The first-order chi connectivity index (χ1) is 8.79. The van der Waals surface area contributed by atoms with E-state index in [1.165, 1.54) is 16.8 Å². The van der Waals surface area contributed by atoms with Gasteiger partial charge in [-0.25, -0.2) is 0 Å². The fourth-order valence-corrected chi connectivity index (χ4v) is 1.96. The molecule has 1 unspecified atom stereocenters. The Bertz CT molecular complexity index is 479. The average Bonchev–Trinajstić information content (AvgIpc) is 2.42. The lowest BCUT2D eigenvalue weighted by Gasteiger charge is -2.16.